The van der Waals surface area contributed by atoms with E-state index in [1.165, 1.54) is 14.0 Å². The van der Waals surface area contributed by atoms with Crippen molar-refractivity contribution >= 4 is 11.7 Å². The van der Waals surface area contributed by atoms with Gasteiger partial charge in [-0.3, -0.25) is 4.79 Å². The minimum atomic E-state index is -0.717. The average Bonchev–Trinajstić information content (AvgIpc) is 2.97. The van der Waals surface area contributed by atoms with Gasteiger partial charge < -0.3 is 19.8 Å². The predicted molar refractivity (Wildman–Crippen MR) is 114 cm³/mol. The standard InChI is InChI=1S/C24H39NO5/c1-15(27)30-17-7-10-22(2)16(13-17)5-6-19-18(22)8-11-23(3)20(9-12-24(19,23)28)21(14-26)25-29-4/h16-20,26,28H,5-14H2,1-4H3/t16?,17?,18-,19+,20+,22-,23+,24+/m0/s1. The highest BCUT2D eigenvalue weighted by Crippen LogP contribution is 2.69. The molecule has 0 spiro atoms. The van der Waals surface area contributed by atoms with E-state index in [2.05, 4.69) is 19.0 Å². The Morgan fingerprint density at radius 3 is 2.50 bits per heavy atom. The fourth-order valence-corrected chi connectivity index (χ4v) is 8.38. The van der Waals surface area contributed by atoms with E-state index in [-0.39, 0.29) is 41.3 Å². The van der Waals surface area contributed by atoms with Crippen molar-refractivity contribution in [3.63, 3.8) is 0 Å². The summed E-state index contributed by atoms with van der Waals surface area (Å²) in [7, 11) is 1.52. The molecule has 2 N–H and O–H groups in total. The molecule has 170 valence electrons. The topological polar surface area (TPSA) is 88.3 Å². The van der Waals surface area contributed by atoms with Crippen LogP contribution in [0.25, 0.3) is 0 Å². The molecule has 4 aliphatic rings. The molecule has 6 nitrogen and oxygen atoms in total. The van der Waals surface area contributed by atoms with Crippen LogP contribution in [0.4, 0.5) is 0 Å². The Labute approximate surface area is 180 Å². The lowest BCUT2D eigenvalue weighted by molar-refractivity contribution is -0.208. The van der Waals surface area contributed by atoms with Gasteiger partial charge in [0.15, 0.2) is 0 Å². The first kappa shape index (κ1) is 22.1. The Balaban J connectivity index is 1.58. The third-order valence-corrected chi connectivity index (χ3v) is 9.91. The lowest BCUT2D eigenvalue weighted by Crippen LogP contribution is -2.62. The minimum Gasteiger partial charge on any atom is -0.463 e. The van der Waals surface area contributed by atoms with Crippen molar-refractivity contribution < 1.29 is 24.6 Å². The maximum absolute atomic E-state index is 12.2. The van der Waals surface area contributed by atoms with Crippen LogP contribution in [-0.4, -0.2) is 47.3 Å². The summed E-state index contributed by atoms with van der Waals surface area (Å²) in [5, 5.41) is 26.2. The largest absolute Gasteiger partial charge is 0.463 e. The van der Waals surface area contributed by atoms with Crippen molar-refractivity contribution in [1.29, 1.82) is 0 Å². The van der Waals surface area contributed by atoms with Crippen molar-refractivity contribution in [3.05, 3.63) is 0 Å². The first-order chi connectivity index (χ1) is 14.2. The molecule has 8 atom stereocenters. The maximum atomic E-state index is 12.2. The number of hydrogen-bond acceptors (Lipinski definition) is 6. The molecule has 4 fully saturated rings. The van der Waals surface area contributed by atoms with Crippen LogP contribution in [0, 0.1) is 34.5 Å². The summed E-state index contributed by atoms with van der Waals surface area (Å²) in [5.74, 6) is 1.25. The van der Waals surface area contributed by atoms with Gasteiger partial charge in [-0.2, -0.15) is 0 Å². The Hall–Kier alpha value is -1.14. The number of carbonyl (C=O) groups is 1. The number of ether oxygens (including phenoxy) is 1. The number of carbonyl (C=O) groups excluding carboxylic acids is 1. The van der Waals surface area contributed by atoms with Gasteiger partial charge in [0.2, 0.25) is 0 Å². The van der Waals surface area contributed by atoms with Crippen molar-refractivity contribution in [2.24, 2.45) is 39.7 Å². The SMILES string of the molecule is CON=C(CO)[C@H]1CC[C@@]2(O)[C@@H]3CCC4CC(OC(C)=O)CC[C@]4(C)[C@H]3CC[C@]12C. The Morgan fingerprint density at radius 2 is 1.83 bits per heavy atom. The molecule has 30 heavy (non-hydrogen) atoms. The van der Waals surface area contributed by atoms with Gasteiger partial charge in [0.1, 0.15) is 13.2 Å². The number of hydrogen-bond donors (Lipinski definition) is 2. The van der Waals surface area contributed by atoms with Crippen molar-refractivity contribution in [2.75, 3.05) is 13.7 Å². The number of esters is 1. The summed E-state index contributed by atoms with van der Waals surface area (Å²) in [5.41, 5.74) is -0.108. The van der Waals surface area contributed by atoms with Crippen LogP contribution in [-0.2, 0) is 14.4 Å². The highest BCUT2D eigenvalue weighted by Gasteiger charge is 2.67. The van der Waals surface area contributed by atoms with Gasteiger partial charge in [0.25, 0.3) is 0 Å². The third kappa shape index (κ3) is 3.12. The molecule has 0 aliphatic heterocycles. The second kappa shape index (κ2) is 7.77. The lowest BCUT2D eigenvalue weighted by Gasteiger charge is -2.63. The Kier molecular flexibility index (Phi) is 5.72. The molecule has 0 amide bonds. The second-order valence-corrected chi connectivity index (χ2v) is 10.9. The van der Waals surface area contributed by atoms with Crippen LogP contribution >= 0.6 is 0 Å². The quantitative estimate of drug-likeness (QED) is 0.411. The molecule has 0 saturated heterocycles. The summed E-state index contributed by atoms with van der Waals surface area (Å²) < 4.78 is 5.57. The summed E-state index contributed by atoms with van der Waals surface area (Å²) in [6.45, 7) is 6.04. The zero-order chi connectivity index (χ0) is 21.7. The van der Waals surface area contributed by atoms with Gasteiger partial charge >= 0.3 is 5.97 Å². The number of oxime groups is 1. The average molecular weight is 422 g/mol. The molecule has 4 saturated carbocycles. The molecule has 0 radical (unpaired) electrons. The van der Waals surface area contributed by atoms with Crippen molar-refractivity contribution in [3.8, 4) is 0 Å². The molecule has 0 aromatic heterocycles. The van der Waals surface area contributed by atoms with E-state index >= 15 is 0 Å². The van der Waals surface area contributed by atoms with E-state index in [1.54, 1.807) is 0 Å². The molecule has 4 aliphatic carbocycles. The number of aliphatic hydroxyl groups excluding tert-OH is 1. The molecule has 0 aromatic rings. The predicted octanol–water partition coefficient (Wildman–Crippen LogP) is 3.69. The van der Waals surface area contributed by atoms with E-state index in [0.29, 0.717) is 17.5 Å². The first-order valence-corrected chi connectivity index (χ1v) is 11.8. The van der Waals surface area contributed by atoms with Crippen LogP contribution in [0.2, 0.25) is 0 Å². The fourth-order valence-electron chi connectivity index (χ4n) is 8.38. The normalized spacial score (nSPS) is 48.3. The van der Waals surface area contributed by atoms with Crippen molar-refractivity contribution in [2.45, 2.75) is 90.3 Å². The smallest absolute Gasteiger partial charge is 0.302 e. The van der Waals surface area contributed by atoms with Gasteiger partial charge in [-0.25, -0.2) is 0 Å². The lowest BCUT2D eigenvalue weighted by atomic mass is 9.43. The van der Waals surface area contributed by atoms with Gasteiger partial charge in [-0.15, -0.1) is 0 Å². The van der Waals surface area contributed by atoms with E-state index in [4.69, 9.17) is 9.57 Å². The molecule has 4 rings (SSSR count). The van der Waals surface area contributed by atoms with Gasteiger partial charge in [0, 0.05) is 18.3 Å². The molecule has 0 heterocycles. The zero-order valence-electron chi connectivity index (χ0n) is 19.0. The number of fused-ring (bicyclic) bond motifs is 5. The van der Waals surface area contributed by atoms with Crippen LogP contribution in [0.5, 0.6) is 0 Å². The zero-order valence-corrected chi connectivity index (χ0v) is 19.0. The Morgan fingerprint density at radius 1 is 1.07 bits per heavy atom. The molecule has 0 aromatic carbocycles. The fraction of sp³-hybridized carbons (Fsp3) is 0.917. The highest BCUT2D eigenvalue weighted by molar-refractivity contribution is 5.88. The summed E-state index contributed by atoms with van der Waals surface area (Å²) in [4.78, 5) is 16.5. The van der Waals surface area contributed by atoms with E-state index in [9.17, 15) is 15.0 Å². The molecule has 2 unspecified atom stereocenters. The molecular weight excluding hydrogens is 382 g/mol. The van der Waals surface area contributed by atoms with E-state index in [1.807, 2.05) is 0 Å². The minimum absolute atomic E-state index is 0.0577. The molecule has 0 bridgehead atoms. The maximum Gasteiger partial charge on any atom is 0.302 e. The number of aliphatic hydroxyl groups is 2. The first-order valence-electron chi connectivity index (χ1n) is 11.8. The van der Waals surface area contributed by atoms with Gasteiger partial charge in [0.05, 0.1) is 17.9 Å². The summed E-state index contributed by atoms with van der Waals surface area (Å²) >= 11 is 0. The van der Waals surface area contributed by atoms with Crippen LogP contribution in [0.1, 0.15) is 78.6 Å². The van der Waals surface area contributed by atoms with Crippen LogP contribution < -0.4 is 0 Å². The number of nitrogens with zero attached hydrogens (tertiary/aromatic N) is 1. The third-order valence-electron chi connectivity index (χ3n) is 9.91. The number of rotatable bonds is 4. The van der Waals surface area contributed by atoms with Gasteiger partial charge in [-0.05, 0) is 81.0 Å². The summed E-state index contributed by atoms with van der Waals surface area (Å²) in [6.07, 6.45) is 8.84. The Bertz CT molecular complexity index is 710. The van der Waals surface area contributed by atoms with Crippen molar-refractivity contribution in [1.82, 2.24) is 0 Å². The molecular formula is C24H39NO5. The van der Waals surface area contributed by atoms with Crippen LogP contribution in [0.3, 0.4) is 0 Å². The van der Waals surface area contributed by atoms with E-state index < -0.39 is 5.60 Å². The molecule has 6 heteroatoms. The van der Waals surface area contributed by atoms with E-state index in [0.717, 1.165) is 57.8 Å². The van der Waals surface area contributed by atoms with Gasteiger partial charge in [-0.1, -0.05) is 19.0 Å². The summed E-state index contributed by atoms with van der Waals surface area (Å²) in [6, 6.07) is 0. The monoisotopic (exact) mass is 421 g/mol. The second-order valence-electron chi connectivity index (χ2n) is 10.9. The van der Waals surface area contributed by atoms with Crippen LogP contribution in [0.15, 0.2) is 5.16 Å². The highest BCUT2D eigenvalue weighted by atomic mass is 16.6.